The van der Waals surface area contributed by atoms with Crippen molar-refractivity contribution in [2.75, 3.05) is 26.2 Å². The maximum Gasteiger partial charge on any atom is 0.573 e. The number of hydrogen-bond acceptors (Lipinski definition) is 7. The van der Waals surface area contributed by atoms with Gasteiger partial charge in [0.15, 0.2) is 5.76 Å². The number of nitrogens with one attached hydrogen (secondary N) is 1. The van der Waals surface area contributed by atoms with Crippen molar-refractivity contribution >= 4 is 16.9 Å². The first-order chi connectivity index (χ1) is 25.5. The minimum Gasteiger partial charge on any atom is -0.487 e. The Kier molecular flexibility index (Phi) is 10.8. The molecule has 8 nitrogen and oxygen atoms in total. The van der Waals surface area contributed by atoms with Crippen LogP contribution in [0.5, 0.6) is 23.0 Å². The number of likely N-dealkylation sites (tertiary alicyclic amines) is 2. The van der Waals surface area contributed by atoms with E-state index in [4.69, 9.17) is 13.9 Å². The summed E-state index contributed by atoms with van der Waals surface area (Å²) in [6, 6.07) is 26.0. The molecule has 0 aliphatic carbocycles. The van der Waals surface area contributed by atoms with E-state index in [0.717, 1.165) is 11.1 Å². The van der Waals surface area contributed by atoms with Crippen LogP contribution in [0.2, 0.25) is 0 Å². The van der Waals surface area contributed by atoms with Crippen LogP contribution in [-0.2, 0) is 13.1 Å². The van der Waals surface area contributed by atoms with Crippen LogP contribution in [-0.4, -0.2) is 66.6 Å². The molecule has 0 spiro atoms. The highest BCUT2D eigenvalue weighted by Gasteiger charge is 2.32. The van der Waals surface area contributed by atoms with E-state index in [1.54, 1.807) is 48.5 Å². The normalized spacial score (nSPS) is 18.9. The second kappa shape index (κ2) is 15.8. The van der Waals surface area contributed by atoms with Gasteiger partial charge in [-0.2, -0.15) is 0 Å². The number of amides is 1. The second-order valence-corrected chi connectivity index (χ2v) is 13.4. The Morgan fingerprint density at radius 3 is 1.98 bits per heavy atom. The minimum atomic E-state index is -4.73. The lowest BCUT2D eigenvalue weighted by atomic mass is 10.0. The van der Waals surface area contributed by atoms with Crippen molar-refractivity contribution in [3.8, 4) is 23.0 Å². The Morgan fingerprint density at radius 2 is 1.34 bits per heavy atom. The average molecular weight is 736 g/mol. The Morgan fingerprint density at radius 1 is 0.755 bits per heavy atom. The van der Waals surface area contributed by atoms with Crippen LogP contribution in [0.15, 0.2) is 101 Å². The van der Waals surface area contributed by atoms with Crippen LogP contribution in [0.4, 0.5) is 22.0 Å². The highest BCUT2D eigenvalue weighted by atomic mass is 19.4. The Balaban J connectivity index is 0.854. The van der Waals surface area contributed by atoms with Gasteiger partial charge in [-0.3, -0.25) is 14.6 Å². The third kappa shape index (κ3) is 9.85. The highest BCUT2D eigenvalue weighted by molar-refractivity contribution is 5.96. The summed E-state index contributed by atoms with van der Waals surface area (Å²) in [6.07, 6.45) is -4.61. The predicted octanol–water partition coefficient (Wildman–Crippen LogP) is 8.65. The van der Waals surface area contributed by atoms with Gasteiger partial charge in [-0.1, -0.05) is 24.3 Å². The van der Waals surface area contributed by atoms with E-state index in [0.29, 0.717) is 80.2 Å². The molecule has 2 aliphatic rings. The summed E-state index contributed by atoms with van der Waals surface area (Å²) in [7, 11) is 0. The summed E-state index contributed by atoms with van der Waals surface area (Å²) >= 11 is 0. The van der Waals surface area contributed by atoms with E-state index in [2.05, 4.69) is 15.0 Å². The lowest BCUT2D eigenvalue weighted by molar-refractivity contribution is -0.274. The molecule has 1 N–H and O–H groups in total. The molecule has 0 radical (unpaired) electrons. The summed E-state index contributed by atoms with van der Waals surface area (Å²) in [5.74, 6) is 0.930. The lowest BCUT2D eigenvalue weighted by Crippen LogP contribution is -2.46. The molecule has 2 atom stereocenters. The molecule has 1 amide bonds. The number of nitrogens with zero attached hydrogens (tertiary/aromatic N) is 2. The van der Waals surface area contributed by atoms with Crippen molar-refractivity contribution in [2.45, 2.75) is 57.0 Å². The average Bonchev–Trinajstić information content (AvgIpc) is 3.56. The molecule has 3 heterocycles. The molecule has 13 heteroatoms. The van der Waals surface area contributed by atoms with Gasteiger partial charge in [-0.25, -0.2) is 8.78 Å². The topological polar surface area (TPSA) is 76.4 Å². The SMILES string of the molecule is O=C(NC1CCN(Cc2ccc(OC(F)(F)F)cc2)CC1)c1cc2cc(O[C@@H]3CCN(Cc4ccc(Oc5ccc(F)cc5)cc4)C[C@H]3F)ccc2o1. The first kappa shape index (κ1) is 36.2. The maximum absolute atomic E-state index is 15.3. The number of halogens is 5. The van der Waals surface area contributed by atoms with Gasteiger partial charge >= 0.3 is 6.36 Å². The van der Waals surface area contributed by atoms with E-state index in [-0.39, 0.29) is 35.8 Å². The molecule has 5 aromatic rings. The van der Waals surface area contributed by atoms with Gasteiger partial charge in [-0.05, 0) is 103 Å². The largest absolute Gasteiger partial charge is 0.573 e. The molecule has 4 aromatic carbocycles. The molecule has 2 aliphatic heterocycles. The summed E-state index contributed by atoms with van der Waals surface area (Å²) in [6.45, 7) is 3.47. The fourth-order valence-corrected chi connectivity index (χ4v) is 6.71. The number of hydrogen-bond donors (Lipinski definition) is 1. The summed E-state index contributed by atoms with van der Waals surface area (Å²) in [5, 5.41) is 3.72. The van der Waals surface area contributed by atoms with E-state index < -0.39 is 18.6 Å². The number of ether oxygens (including phenoxy) is 3. The van der Waals surface area contributed by atoms with Crippen LogP contribution in [0.25, 0.3) is 11.0 Å². The molecule has 0 bridgehead atoms. The predicted molar refractivity (Wildman–Crippen MR) is 187 cm³/mol. The molecular weight excluding hydrogens is 697 g/mol. The van der Waals surface area contributed by atoms with Crippen LogP contribution in [0.3, 0.4) is 0 Å². The van der Waals surface area contributed by atoms with Gasteiger partial charge in [0.25, 0.3) is 5.91 Å². The van der Waals surface area contributed by atoms with Gasteiger partial charge in [0.1, 0.15) is 46.7 Å². The van der Waals surface area contributed by atoms with E-state index in [1.165, 1.54) is 24.3 Å². The van der Waals surface area contributed by atoms with Crippen molar-refractivity contribution < 1.29 is 45.4 Å². The van der Waals surface area contributed by atoms with Crippen LogP contribution < -0.4 is 19.5 Å². The van der Waals surface area contributed by atoms with Crippen molar-refractivity contribution in [1.82, 2.24) is 15.1 Å². The van der Waals surface area contributed by atoms with Crippen molar-refractivity contribution in [3.63, 3.8) is 0 Å². The number of carbonyl (C=O) groups is 1. The molecule has 0 unspecified atom stereocenters. The van der Waals surface area contributed by atoms with Gasteiger partial charge in [0.2, 0.25) is 0 Å². The molecule has 53 heavy (non-hydrogen) atoms. The Labute approximate surface area is 303 Å². The summed E-state index contributed by atoms with van der Waals surface area (Å²) in [5.41, 5.74) is 2.41. The number of furan rings is 1. The van der Waals surface area contributed by atoms with Crippen LogP contribution >= 0.6 is 0 Å². The summed E-state index contributed by atoms with van der Waals surface area (Å²) < 4.78 is 87.4. The molecular formula is C40H38F5N3O5. The first-order valence-electron chi connectivity index (χ1n) is 17.5. The maximum atomic E-state index is 15.3. The monoisotopic (exact) mass is 735 g/mol. The van der Waals surface area contributed by atoms with Crippen LogP contribution in [0, 0.1) is 5.82 Å². The second-order valence-electron chi connectivity index (χ2n) is 13.4. The van der Waals surface area contributed by atoms with Gasteiger partial charge < -0.3 is 23.9 Å². The van der Waals surface area contributed by atoms with Crippen molar-refractivity contribution in [1.29, 1.82) is 0 Å². The number of fused-ring (bicyclic) bond motifs is 1. The van der Waals surface area contributed by atoms with Gasteiger partial charge in [-0.15, -0.1) is 13.2 Å². The molecule has 2 saturated heterocycles. The number of piperidine rings is 2. The molecule has 7 rings (SSSR count). The zero-order chi connectivity index (χ0) is 37.0. The number of benzene rings is 4. The fourth-order valence-electron chi connectivity index (χ4n) is 6.71. The summed E-state index contributed by atoms with van der Waals surface area (Å²) in [4.78, 5) is 17.3. The quantitative estimate of drug-likeness (QED) is 0.136. The lowest BCUT2D eigenvalue weighted by Gasteiger charge is -2.34. The zero-order valence-corrected chi connectivity index (χ0v) is 28.7. The van der Waals surface area contributed by atoms with E-state index in [9.17, 15) is 22.4 Å². The van der Waals surface area contributed by atoms with Crippen molar-refractivity contribution in [3.05, 3.63) is 120 Å². The first-order valence-corrected chi connectivity index (χ1v) is 17.5. The van der Waals surface area contributed by atoms with Gasteiger partial charge in [0, 0.05) is 50.7 Å². The smallest absolute Gasteiger partial charge is 0.487 e. The Bertz CT molecular complexity index is 1980. The van der Waals surface area contributed by atoms with Crippen molar-refractivity contribution in [2.24, 2.45) is 0 Å². The molecule has 1 aromatic heterocycles. The highest BCUT2D eigenvalue weighted by Crippen LogP contribution is 2.29. The van der Waals surface area contributed by atoms with Crippen LogP contribution in [0.1, 0.15) is 40.9 Å². The minimum absolute atomic E-state index is 0.0537. The number of alkyl halides is 4. The standard InChI is InChI=1S/C40H38F5N3O5/c41-29-5-11-32(12-6-29)50-31-7-1-27(2-8-31)24-48-20-17-37(35(42)25-48)51-34-13-14-36-28(21-34)22-38(52-36)39(49)46-30-15-18-47(19-16-30)23-26-3-9-33(10-4-26)53-40(43,44)45/h1-14,21-22,30,35,37H,15-20,23-25H2,(H,46,49)/t35-,37-/m1/s1. The van der Waals surface area contributed by atoms with Gasteiger partial charge in [0.05, 0.1) is 0 Å². The zero-order valence-electron chi connectivity index (χ0n) is 28.7. The number of rotatable bonds is 11. The Hall–Kier alpha value is -5.14. The molecule has 278 valence electrons. The molecule has 0 saturated carbocycles. The van der Waals surface area contributed by atoms with E-state index in [1.807, 2.05) is 29.2 Å². The molecule has 2 fully saturated rings. The third-order valence-corrected chi connectivity index (χ3v) is 9.43. The number of carbonyl (C=O) groups excluding carboxylic acids is 1. The van der Waals surface area contributed by atoms with E-state index >= 15 is 4.39 Å². The fraction of sp³-hybridized carbons (Fsp3) is 0.325. The third-order valence-electron chi connectivity index (χ3n) is 9.43.